The third-order valence-corrected chi connectivity index (χ3v) is 4.32. The molecule has 0 radical (unpaired) electrons. The summed E-state index contributed by atoms with van der Waals surface area (Å²) in [5, 5.41) is 0.787. The zero-order valence-corrected chi connectivity index (χ0v) is 18.5. The Morgan fingerprint density at radius 1 is 0.793 bits per heavy atom. The van der Waals surface area contributed by atoms with E-state index in [-0.39, 0.29) is 13.2 Å². The van der Waals surface area contributed by atoms with Crippen molar-refractivity contribution in [3.05, 3.63) is 0 Å². The number of carbonyl (C=O) groups excluding carboxylic acids is 4. The first-order valence-corrected chi connectivity index (χ1v) is 10.3. The van der Waals surface area contributed by atoms with Gasteiger partial charge in [-0.15, -0.1) is 0 Å². The summed E-state index contributed by atoms with van der Waals surface area (Å²) in [7, 11) is 0. The van der Waals surface area contributed by atoms with Gasteiger partial charge in [-0.2, -0.15) is 0 Å². The summed E-state index contributed by atoms with van der Waals surface area (Å²) in [4.78, 5) is 46.2. The van der Waals surface area contributed by atoms with Gasteiger partial charge >= 0.3 is 23.9 Å². The fraction of sp³-hybridized carbons (Fsp3) is 0.778. The van der Waals surface area contributed by atoms with Crippen LogP contribution in [-0.2, 0) is 47.6 Å². The van der Waals surface area contributed by atoms with Crippen molar-refractivity contribution in [3.63, 3.8) is 0 Å². The molecule has 11 heteroatoms. The molecule has 1 saturated heterocycles. The van der Waals surface area contributed by atoms with Gasteiger partial charge in [0.1, 0.15) is 12.7 Å². The van der Waals surface area contributed by atoms with E-state index in [0.717, 1.165) is 25.6 Å². The van der Waals surface area contributed by atoms with Crippen LogP contribution in [0.1, 0.15) is 40.5 Å². The van der Waals surface area contributed by atoms with Crippen molar-refractivity contribution in [2.45, 2.75) is 71.2 Å². The monoisotopic (exact) mass is 482 g/mol. The van der Waals surface area contributed by atoms with Gasteiger partial charge in [-0.3, -0.25) is 19.2 Å². The van der Waals surface area contributed by atoms with Crippen LogP contribution in [0.2, 0.25) is 0 Å². The van der Waals surface area contributed by atoms with Crippen LogP contribution in [0.3, 0.4) is 0 Å². The second-order valence-electron chi connectivity index (χ2n) is 6.33. The maximum Gasteiger partial charge on any atom is 0.303 e. The summed E-state index contributed by atoms with van der Waals surface area (Å²) >= 11 is 3.32. The quantitative estimate of drug-likeness (QED) is 0.194. The minimum absolute atomic E-state index is 0.277. The highest BCUT2D eigenvalue weighted by atomic mass is 79.9. The third kappa shape index (κ3) is 9.09. The van der Waals surface area contributed by atoms with Gasteiger partial charge in [0.05, 0.1) is 0 Å². The SMILES string of the molecule is CC(=O)OC[C@H]1OC(OCCCCBr)[C@H](OC(C)=O)[C@@H](OC(C)=O)[C@@H]1OC(C)=O. The van der Waals surface area contributed by atoms with Gasteiger partial charge in [0.15, 0.2) is 24.6 Å². The first-order valence-electron chi connectivity index (χ1n) is 9.13. The van der Waals surface area contributed by atoms with Crippen LogP contribution in [0.15, 0.2) is 0 Å². The minimum Gasteiger partial charge on any atom is -0.463 e. The van der Waals surface area contributed by atoms with Crippen molar-refractivity contribution in [2.75, 3.05) is 18.5 Å². The average molecular weight is 483 g/mol. The van der Waals surface area contributed by atoms with Crippen LogP contribution >= 0.6 is 15.9 Å². The van der Waals surface area contributed by atoms with E-state index < -0.39 is 54.6 Å². The van der Waals surface area contributed by atoms with Crippen molar-refractivity contribution in [1.82, 2.24) is 0 Å². The van der Waals surface area contributed by atoms with Crippen LogP contribution in [0.4, 0.5) is 0 Å². The minimum atomic E-state index is -1.21. The maximum atomic E-state index is 11.7. The molecule has 0 aromatic heterocycles. The lowest BCUT2D eigenvalue weighted by Crippen LogP contribution is -2.63. The second-order valence-corrected chi connectivity index (χ2v) is 7.13. The van der Waals surface area contributed by atoms with Gasteiger partial charge in [-0.25, -0.2) is 0 Å². The molecule has 1 aliphatic heterocycles. The number of halogens is 1. The van der Waals surface area contributed by atoms with Gasteiger partial charge in [0.25, 0.3) is 0 Å². The van der Waals surface area contributed by atoms with Gasteiger partial charge in [0, 0.05) is 39.6 Å². The number of rotatable bonds is 10. The number of carbonyl (C=O) groups is 4. The fourth-order valence-electron chi connectivity index (χ4n) is 2.72. The van der Waals surface area contributed by atoms with E-state index in [9.17, 15) is 19.2 Å². The Bertz CT molecular complexity index is 581. The second kappa shape index (κ2) is 12.8. The Morgan fingerprint density at radius 2 is 1.34 bits per heavy atom. The highest BCUT2D eigenvalue weighted by Crippen LogP contribution is 2.30. The van der Waals surface area contributed by atoms with Gasteiger partial charge < -0.3 is 28.4 Å². The topological polar surface area (TPSA) is 124 Å². The molecule has 1 unspecified atom stereocenters. The van der Waals surface area contributed by atoms with Crippen molar-refractivity contribution in [2.24, 2.45) is 0 Å². The Labute approximate surface area is 177 Å². The Hall–Kier alpha value is -1.72. The largest absolute Gasteiger partial charge is 0.463 e. The molecule has 1 fully saturated rings. The highest BCUT2D eigenvalue weighted by molar-refractivity contribution is 9.09. The van der Waals surface area contributed by atoms with Gasteiger partial charge in [0.2, 0.25) is 0 Å². The lowest BCUT2D eigenvalue weighted by Gasteiger charge is -2.44. The van der Waals surface area contributed by atoms with Gasteiger partial charge in [-0.1, -0.05) is 15.9 Å². The molecule has 0 saturated carbocycles. The molecule has 5 atom stereocenters. The summed E-state index contributed by atoms with van der Waals surface area (Å²) in [5.41, 5.74) is 0. The Balaban J connectivity index is 3.17. The molecule has 0 aromatic carbocycles. The van der Waals surface area contributed by atoms with E-state index in [1.807, 2.05) is 0 Å². The molecule has 0 N–H and O–H groups in total. The van der Waals surface area contributed by atoms with E-state index in [1.54, 1.807) is 0 Å². The molecule has 1 aliphatic rings. The van der Waals surface area contributed by atoms with Crippen molar-refractivity contribution < 1.29 is 47.6 Å². The van der Waals surface area contributed by atoms with E-state index in [1.165, 1.54) is 13.8 Å². The standard InChI is InChI=1S/C18H27BrO10/c1-10(20)25-9-14-15(26-11(2)21)16(27-12(3)22)17(28-13(4)23)18(29-14)24-8-6-5-7-19/h14-18H,5-9H2,1-4H3/t14-,15-,16+,17-,18?/m1/s1. The molecule has 1 rings (SSSR count). The molecule has 0 aliphatic carbocycles. The summed E-state index contributed by atoms with van der Waals surface area (Å²) in [6.45, 7) is 4.72. The number of alkyl halides is 1. The molecule has 0 spiro atoms. The van der Waals surface area contributed by atoms with Crippen LogP contribution in [0, 0.1) is 0 Å². The van der Waals surface area contributed by atoms with Gasteiger partial charge in [-0.05, 0) is 12.8 Å². The average Bonchev–Trinajstić information content (AvgIpc) is 2.60. The highest BCUT2D eigenvalue weighted by Gasteiger charge is 2.52. The Morgan fingerprint density at radius 3 is 1.86 bits per heavy atom. The molecule has 1 heterocycles. The van der Waals surface area contributed by atoms with E-state index >= 15 is 0 Å². The van der Waals surface area contributed by atoms with Crippen molar-refractivity contribution >= 4 is 39.8 Å². The number of hydrogen-bond acceptors (Lipinski definition) is 10. The molecule has 29 heavy (non-hydrogen) atoms. The van der Waals surface area contributed by atoms with Crippen LogP contribution < -0.4 is 0 Å². The molecule has 0 bridgehead atoms. The molecular formula is C18H27BrO10. The van der Waals surface area contributed by atoms with Crippen molar-refractivity contribution in [3.8, 4) is 0 Å². The van der Waals surface area contributed by atoms with Crippen LogP contribution in [0.25, 0.3) is 0 Å². The fourth-order valence-corrected chi connectivity index (χ4v) is 3.12. The zero-order chi connectivity index (χ0) is 22.0. The van der Waals surface area contributed by atoms with E-state index in [0.29, 0.717) is 6.42 Å². The number of esters is 4. The van der Waals surface area contributed by atoms with Crippen molar-refractivity contribution in [1.29, 1.82) is 0 Å². The Kier molecular flexibility index (Phi) is 11.1. The molecule has 10 nitrogen and oxygen atoms in total. The number of ether oxygens (including phenoxy) is 6. The van der Waals surface area contributed by atoms with E-state index in [4.69, 9.17) is 28.4 Å². The predicted molar refractivity (Wildman–Crippen MR) is 101 cm³/mol. The summed E-state index contributed by atoms with van der Waals surface area (Å²) in [5.74, 6) is -2.60. The van der Waals surface area contributed by atoms with Crippen LogP contribution in [0.5, 0.6) is 0 Å². The predicted octanol–water partition coefficient (Wildman–Crippen LogP) is 1.26. The third-order valence-electron chi connectivity index (χ3n) is 3.76. The van der Waals surface area contributed by atoms with E-state index in [2.05, 4.69) is 15.9 Å². The number of hydrogen-bond donors (Lipinski definition) is 0. The lowest BCUT2D eigenvalue weighted by molar-refractivity contribution is -0.308. The summed E-state index contributed by atoms with van der Waals surface area (Å²) in [6.07, 6.45) is -4.16. The maximum absolute atomic E-state index is 11.7. The molecule has 0 aromatic rings. The molecular weight excluding hydrogens is 456 g/mol. The first kappa shape index (κ1) is 25.3. The summed E-state index contributed by atoms with van der Waals surface area (Å²) in [6, 6.07) is 0. The molecule has 0 amide bonds. The lowest BCUT2D eigenvalue weighted by atomic mass is 9.98. The summed E-state index contributed by atoms with van der Waals surface area (Å²) < 4.78 is 32.4. The van der Waals surface area contributed by atoms with Crippen LogP contribution in [-0.4, -0.2) is 73.1 Å². The zero-order valence-electron chi connectivity index (χ0n) is 16.9. The normalized spacial score (nSPS) is 26.3. The molecule has 166 valence electrons. The smallest absolute Gasteiger partial charge is 0.303 e. The number of unbranched alkanes of at least 4 members (excludes halogenated alkanes) is 1. The first-order chi connectivity index (χ1) is 13.6.